The fourth-order valence-corrected chi connectivity index (χ4v) is 2.94. The minimum Gasteiger partial charge on any atom is -0.392 e. The summed E-state index contributed by atoms with van der Waals surface area (Å²) in [6.45, 7) is 2.53. The average molecular weight is 348 g/mol. The average Bonchev–Trinajstić information content (AvgIpc) is 2.47. The molecule has 0 spiro atoms. The summed E-state index contributed by atoms with van der Waals surface area (Å²) < 4.78 is 1.02. The van der Waals surface area contributed by atoms with Gasteiger partial charge in [-0.2, -0.15) is 0 Å². The molecule has 0 aromatic heterocycles. The number of benzene rings is 2. The van der Waals surface area contributed by atoms with Gasteiger partial charge in [-0.3, -0.25) is 0 Å². The molecular formula is C18H22BrNO. The number of aliphatic hydroxyl groups is 1. The van der Waals surface area contributed by atoms with Crippen molar-refractivity contribution in [2.24, 2.45) is 5.73 Å². The molecule has 0 fully saturated rings. The Hall–Kier alpha value is -1.16. The van der Waals surface area contributed by atoms with Crippen molar-refractivity contribution in [3.63, 3.8) is 0 Å². The Morgan fingerprint density at radius 3 is 2.48 bits per heavy atom. The van der Waals surface area contributed by atoms with Crippen molar-refractivity contribution in [3.05, 3.63) is 69.7 Å². The summed E-state index contributed by atoms with van der Waals surface area (Å²) in [6, 6.07) is 16.5. The fourth-order valence-electron chi connectivity index (χ4n) is 2.52. The van der Waals surface area contributed by atoms with Crippen molar-refractivity contribution in [2.75, 3.05) is 6.54 Å². The van der Waals surface area contributed by atoms with Crippen LogP contribution in [0.5, 0.6) is 0 Å². The zero-order valence-corrected chi connectivity index (χ0v) is 13.9. The van der Waals surface area contributed by atoms with Gasteiger partial charge in [0.15, 0.2) is 0 Å². The van der Waals surface area contributed by atoms with Gasteiger partial charge in [0, 0.05) is 16.9 Å². The topological polar surface area (TPSA) is 46.2 Å². The SMILES string of the molecule is Cc1ccc(CCC(O)C(CN)c2cccc(Br)c2)cc1. The first kappa shape index (κ1) is 16.2. The van der Waals surface area contributed by atoms with E-state index < -0.39 is 6.10 Å². The van der Waals surface area contributed by atoms with E-state index in [2.05, 4.69) is 47.1 Å². The van der Waals surface area contributed by atoms with Crippen LogP contribution in [-0.2, 0) is 6.42 Å². The summed E-state index contributed by atoms with van der Waals surface area (Å²) in [4.78, 5) is 0. The Kier molecular flexibility index (Phi) is 5.97. The third-order valence-corrected chi connectivity index (χ3v) is 4.34. The number of aliphatic hydroxyl groups excluding tert-OH is 1. The molecule has 2 unspecified atom stereocenters. The third kappa shape index (κ3) is 4.67. The van der Waals surface area contributed by atoms with E-state index in [1.165, 1.54) is 11.1 Å². The molecule has 2 atom stereocenters. The highest BCUT2D eigenvalue weighted by molar-refractivity contribution is 9.10. The molecule has 2 aromatic carbocycles. The van der Waals surface area contributed by atoms with Crippen molar-refractivity contribution < 1.29 is 5.11 Å². The summed E-state index contributed by atoms with van der Waals surface area (Å²) in [6.07, 6.45) is 1.16. The van der Waals surface area contributed by atoms with Crippen LogP contribution < -0.4 is 5.73 Å². The third-order valence-electron chi connectivity index (χ3n) is 3.84. The zero-order chi connectivity index (χ0) is 15.2. The van der Waals surface area contributed by atoms with Crippen molar-refractivity contribution in [1.82, 2.24) is 0 Å². The predicted octanol–water partition coefficient (Wildman–Crippen LogP) is 3.79. The van der Waals surface area contributed by atoms with E-state index in [0.717, 1.165) is 22.9 Å². The van der Waals surface area contributed by atoms with Crippen LogP contribution in [0.2, 0.25) is 0 Å². The Morgan fingerprint density at radius 2 is 1.86 bits per heavy atom. The van der Waals surface area contributed by atoms with Crippen LogP contribution in [0.4, 0.5) is 0 Å². The quantitative estimate of drug-likeness (QED) is 0.834. The molecule has 0 aliphatic rings. The monoisotopic (exact) mass is 347 g/mol. The van der Waals surface area contributed by atoms with Gasteiger partial charge < -0.3 is 10.8 Å². The lowest BCUT2D eigenvalue weighted by Crippen LogP contribution is -2.26. The van der Waals surface area contributed by atoms with Crippen LogP contribution >= 0.6 is 15.9 Å². The van der Waals surface area contributed by atoms with Crippen molar-refractivity contribution in [2.45, 2.75) is 31.8 Å². The molecule has 112 valence electrons. The smallest absolute Gasteiger partial charge is 0.0624 e. The van der Waals surface area contributed by atoms with E-state index in [4.69, 9.17) is 5.73 Å². The van der Waals surface area contributed by atoms with E-state index in [-0.39, 0.29) is 5.92 Å². The second-order valence-corrected chi connectivity index (χ2v) is 6.40. The molecular weight excluding hydrogens is 326 g/mol. The number of hydrogen-bond donors (Lipinski definition) is 2. The van der Waals surface area contributed by atoms with Crippen LogP contribution in [-0.4, -0.2) is 17.8 Å². The van der Waals surface area contributed by atoms with E-state index >= 15 is 0 Å². The first-order valence-corrected chi connectivity index (χ1v) is 8.08. The number of rotatable bonds is 6. The van der Waals surface area contributed by atoms with E-state index in [9.17, 15) is 5.11 Å². The molecule has 2 nitrogen and oxygen atoms in total. The lowest BCUT2D eigenvalue weighted by Gasteiger charge is -2.22. The summed E-state index contributed by atoms with van der Waals surface area (Å²) in [7, 11) is 0. The van der Waals surface area contributed by atoms with E-state index in [1.807, 2.05) is 24.3 Å². The van der Waals surface area contributed by atoms with Crippen LogP contribution in [0.1, 0.15) is 29.0 Å². The van der Waals surface area contributed by atoms with Gasteiger partial charge in [0.2, 0.25) is 0 Å². The van der Waals surface area contributed by atoms with E-state index in [1.54, 1.807) is 0 Å². The second-order valence-electron chi connectivity index (χ2n) is 5.49. The number of aryl methyl sites for hydroxylation is 2. The van der Waals surface area contributed by atoms with Crippen LogP contribution in [0, 0.1) is 6.92 Å². The van der Waals surface area contributed by atoms with Gasteiger partial charge in [0.1, 0.15) is 0 Å². The molecule has 0 aliphatic carbocycles. The van der Waals surface area contributed by atoms with Crippen molar-refractivity contribution in [3.8, 4) is 0 Å². The molecule has 2 rings (SSSR count). The summed E-state index contributed by atoms with van der Waals surface area (Å²) in [5.41, 5.74) is 9.47. The number of hydrogen-bond acceptors (Lipinski definition) is 2. The van der Waals surface area contributed by atoms with Gasteiger partial charge in [0.05, 0.1) is 6.10 Å². The Balaban J connectivity index is 2.00. The first-order valence-electron chi connectivity index (χ1n) is 7.29. The summed E-state index contributed by atoms with van der Waals surface area (Å²) in [5.74, 6) is -0.0204. The lowest BCUT2D eigenvalue weighted by molar-refractivity contribution is 0.136. The molecule has 3 N–H and O–H groups in total. The number of halogens is 1. The fraction of sp³-hybridized carbons (Fsp3) is 0.333. The molecule has 0 saturated heterocycles. The highest BCUT2D eigenvalue weighted by atomic mass is 79.9. The van der Waals surface area contributed by atoms with E-state index in [0.29, 0.717) is 6.54 Å². The van der Waals surface area contributed by atoms with Crippen LogP contribution in [0.3, 0.4) is 0 Å². The van der Waals surface area contributed by atoms with Gasteiger partial charge in [-0.1, -0.05) is 57.9 Å². The molecule has 0 heterocycles. The zero-order valence-electron chi connectivity index (χ0n) is 12.3. The summed E-state index contributed by atoms with van der Waals surface area (Å²) >= 11 is 3.47. The molecule has 3 heteroatoms. The van der Waals surface area contributed by atoms with Gasteiger partial charge in [-0.15, -0.1) is 0 Å². The van der Waals surface area contributed by atoms with Crippen molar-refractivity contribution in [1.29, 1.82) is 0 Å². The van der Waals surface area contributed by atoms with Crippen LogP contribution in [0.25, 0.3) is 0 Å². The minimum absolute atomic E-state index is 0.0204. The van der Waals surface area contributed by atoms with Gasteiger partial charge in [0.25, 0.3) is 0 Å². The maximum atomic E-state index is 10.5. The Labute approximate surface area is 135 Å². The first-order chi connectivity index (χ1) is 10.1. The molecule has 0 amide bonds. The van der Waals surface area contributed by atoms with Crippen LogP contribution in [0.15, 0.2) is 53.0 Å². The van der Waals surface area contributed by atoms with Crippen molar-refractivity contribution >= 4 is 15.9 Å². The molecule has 0 saturated carbocycles. The molecule has 0 bridgehead atoms. The molecule has 0 radical (unpaired) electrons. The molecule has 0 aliphatic heterocycles. The normalized spacial score (nSPS) is 13.9. The van der Waals surface area contributed by atoms with Gasteiger partial charge in [-0.25, -0.2) is 0 Å². The predicted molar refractivity (Wildman–Crippen MR) is 91.4 cm³/mol. The summed E-state index contributed by atoms with van der Waals surface area (Å²) in [5, 5.41) is 10.5. The Bertz CT molecular complexity index is 568. The largest absolute Gasteiger partial charge is 0.392 e. The maximum Gasteiger partial charge on any atom is 0.0624 e. The van der Waals surface area contributed by atoms with Gasteiger partial charge in [-0.05, 0) is 43.0 Å². The maximum absolute atomic E-state index is 10.5. The molecule has 21 heavy (non-hydrogen) atoms. The molecule has 2 aromatic rings. The highest BCUT2D eigenvalue weighted by Gasteiger charge is 2.19. The minimum atomic E-state index is -0.425. The van der Waals surface area contributed by atoms with Gasteiger partial charge >= 0.3 is 0 Å². The highest BCUT2D eigenvalue weighted by Crippen LogP contribution is 2.24. The lowest BCUT2D eigenvalue weighted by atomic mass is 9.90. The second kappa shape index (κ2) is 7.74. The number of nitrogens with two attached hydrogens (primary N) is 1. The standard InChI is InChI=1S/C18H22BrNO/c1-13-5-7-14(8-6-13)9-10-18(21)17(12-20)15-3-2-4-16(19)11-15/h2-8,11,17-18,21H,9-10,12,20H2,1H3. The Morgan fingerprint density at radius 1 is 1.14 bits per heavy atom.